The fraction of sp³-hybridized carbons (Fsp3) is 0.350. The summed E-state index contributed by atoms with van der Waals surface area (Å²) in [4.78, 5) is 12.2. The summed E-state index contributed by atoms with van der Waals surface area (Å²) < 4.78 is 10.6. The molecule has 4 nitrogen and oxygen atoms in total. The van der Waals surface area contributed by atoms with Crippen molar-refractivity contribution in [3.63, 3.8) is 0 Å². The first-order valence-electron chi connectivity index (χ1n) is 8.18. The standard InChI is InChI=1S/C20H25NO3S/c1-14-5-7-16(8-6-14)12-25-13-20(22)21-15(2)17-9-10-18(23-3)19(11-17)24-4/h5-11,15H,12-13H2,1-4H3,(H,21,22)/t15-/m0/s1. The van der Waals surface area contributed by atoms with Crippen LogP contribution in [0.4, 0.5) is 0 Å². The van der Waals surface area contributed by atoms with Crippen LogP contribution in [0.25, 0.3) is 0 Å². The second kappa shape index (κ2) is 9.37. The van der Waals surface area contributed by atoms with Crippen LogP contribution in [0.1, 0.15) is 29.7 Å². The van der Waals surface area contributed by atoms with Crippen LogP contribution in [0, 0.1) is 6.92 Å². The second-order valence-electron chi connectivity index (χ2n) is 5.88. The van der Waals surface area contributed by atoms with E-state index in [2.05, 4.69) is 36.5 Å². The maximum Gasteiger partial charge on any atom is 0.230 e. The summed E-state index contributed by atoms with van der Waals surface area (Å²) in [5.41, 5.74) is 3.46. The summed E-state index contributed by atoms with van der Waals surface area (Å²) in [5, 5.41) is 3.02. The molecule has 0 radical (unpaired) electrons. The van der Waals surface area contributed by atoms with Gasteiger partial charge in [0, 0.05) is 5.75 Å². The van der Waals surface area contributed by atoms with Gasteiger partial charge in [-0.25, -0.2) is 0 Å². The number of benzene rings is 2. The fourth-order valence-corrected chi connectivity index (χ4v) is 3.23. The first-order chi connectivity index (χ1) is 12.0. The van der Waals surface area contributed by atoms with Crippen LogP contribution >= 0.6 is 11.8 Å². The Kier molecular flexibility index (Phi) is 7.19. The van der Waals surface area contributed by atoms with E-state index >= 15 is 0 Å². The van der Waals surface area contributed by atoms with Gasteiger partial charge in [0.2, 0.25) is 5.91 Å². The van der Waals surface area contributed by atoms with Crippen molar-refractivity contribution < 1.29 is 14.3 Å². The van der Waals surface area contributed by atoms with Gasteiger partial charge in [-0.05, 0) is 37.1 Å². The van der Waals surface area contributed by atoms with Crippen molar-refractivity contribution in [2.75, 3.05) is 20.0 Å². The minimum absolute atomic E-state index is 0.0272. The van der Waals surface area contributed by atoms with Crippen molar-refractivity contribution in [3.05, 3.63) is 59.2 Å². The zero-order valence-corrected chi connectivity index (χ0v) is 16.0. The van der Waals surface area contributed by atoms with E-state index in [1.165, 1.54) is 11.1 Å². The number of hydrogen-bond acceptors (Lipinski definition) is 4. The Bertz CT molecular complexity index is 701. The predicted octanol–water partition coefficient (Wildman–Crippen LogP) is 4.12. The fourth-order valence-electron chi connectivity index (χ4n) is 2.43. The molecular formula is C20H25NO3S. The lowest BCUT2D eigenvalue weighted by Gasteiger charge is -2.16. The minimum atomic E-state index is -0.0905. The normalized spacial score (nSPS) is 11.7. The number of amides is 1. The summed E-state index contributed by atoms with van der Waals surface area (Å²) in [6, 6.07) is 14.0. The molecule has 0 unspecified atom stereocenters. The van der Waals surface area contributed by atoms with Crippen molar-refractivity contribution >= 4 is 17.7 Å². The molecule has 25 heavy (non-hydrogen) atoms. The molecule has 0 aliphatic heterocycles. The van der Waals surface area contributed by atoms with E-state index in [9.17, 15) is 4.79 Å². The number of hydrogen-bond donors (Lipinski definition) is 1. The summed E-state index contributed by atoms with van der Waals surface area (Å²) in [7, 11) is 3.21. The third kappa shape index (κ3) is 5.71. The molecule has 0 aromatic heterocycles. The number of aryl methyl sites for hydroxylation is 1. The molecule has 0 spiro atoms. The third-order valence-electron chi connectivity index (χ3n) is 3.91. The lowest BCUT2D eigenvalue weighted by atomic mass is 10.1. The van der Waals surface area contributed by atoms with E-state index in [1.807, 2.05) is 25.1 Å². The summed E-state index contributed by atoms with van der Waals surface area (Å²) in [5.74, 6) is 2.64. The molecule has 0 bridgehead atoms. The van der Waals surface area contributed by atoms with Gasteiger partial charge in [-0.1, -0.05) is 35.9 Å². The molecule has 1 N–H and O–H groups in total. The minimum Gasteiger partial charge on any atom is -0.493 e. The lowest BCUT2D eigenvalue weighted by Crippen LogP contribution is -2.28. The molecule has 0 heterocycles. The molecule has 0 fully saturated rings. The molecule has 0 saturated carbocycles. The van der Waals surface area contributed by atoms with Gasteiger partial charge in [0.05, 0.1) is 26.0 Å². The predicted molar refractivity (Wildman–Crippen MR) is 103 cm³/mol. The molecule has 2 aromatic carbocycles. The van der Waals surface area contributed by atoms with Crippen molar-refractivity contribution in [2.24, 2.45) is 0 Å². The van der Waals surface area contributed by atoms with Gasteiger partial charge in [-0.3, -0.25) is 4.79 Å². The van der Waals surface area contributed by atoms with Crippen molar-refractivity contribution in [3.8, 4) is 11.5 Å². The molecule has 2 rings (SSSR count). The second-order valence-corrected chi connectivity index (χ2v) is 6.87. The van der Waals surface area contributed by atoms with Gasteiger partial charge in [0.15, 0.2) is 11.5 Å². The van der Waals surface area contributed by atoms with Gasteiger partial charge < -0.3 is 14.8 Å². The Balaban J connectivity index is 1.84. The van der Waals surface area contributed by atoms with E-state index in [-0.39, 0.29) is 11.9 Å². The molecule has 0 aliphatic carbocycles. The van der Waals surface area contributed by atoms with Crippen LogP contribution in [-0.4, -0.2) is 25.9 Å². The Labute approximate surface area is 153 Å². The number of thioether (sulfide) groups is 1. The van der Waals surface area contributed by atoms with E-state index < -0.39 is 0 Å². The monoisotopic (exact) mass is 359 g/mol. The summed E-state index contributed by atoms with van der Waals surface area (Å²) in [6.45, 7) is 4.03. The molecular weight excluding hydrogens is 334 g/mol. The van der Waals surface area contributed by atoms with Gasteiger partial charge in [-0.2, -0.15) is 0 Å². The van der Waals surface area contributed by atoms with E-state index in [0.717, 1.165) is 11.3 Å². The van der Waals surface area contributed by atoms with Crippen molar-refractivity contribution in [1.29, 1.82) is 0 Å². The lowest BCUT2D eigenvalue weighted by molar-refractivity contribution is -0.119. The molecule has 1 atom stereocenters. The Hall–Kier alpha value is -2.14. The average Bonchev–Trinajstić information content (AvgIpc) is 2.62. The van der Waals surface area contributed by atoms with Crippen LogP contribution in [0.3, 0.4) is 0 Å². The number of carbonyl (C=O) groups excluding carboxylic acids is 1. The van der Waals surface area contributed by atoms with Crippen LogP contribution in [0.15, 0.2) is 42.5 Å². The maximum absolute atomic E-state index is 12.2. The average molecular weight is 359 g/mol. The molecule has 5 heteroatoms. The van der Waals surface area contributed by atoms with Crippen LogP contribution in [0.2, 0.25) is 0 Å². The van der Waals surface area contributed by atoms with E-state index in [1.54, 1.807) is 26.0 Å². The first kappa shape index (κ1) is 19.2. The number of carbonyl (C=O) groups is 1. The number of rotatable bonds is 8. The zero-order valence-electron chi connectivity index (χ0n) is 15.2. The highest BCUT2D eigenvalue weighted by molar-refractivity contribution is 7.99. The summed E-state index contributed by atoms with van der Waals surface area (Å²) in [6.07, 6.45) is 0. The molecule has 134 valence electrons. The quantitative estimate of drug-likeness (QED) is 0.770. The van der Waals surface area contributed by atoms with Gasteiger partial charge in [0.1, 0.15) is 0 Å². The van der Waals surface area contributed by atoms with E-state index in [4.69, 9.17) is 9.47 Å². The van der Waals surface area contributed by atoms with Crippen LogP contribution in [-0.2, 0) is 10.5 Å². The maximum atomic E-state index is 12.2. The smallest absolute Gasteiger partial charge is 0.230 e. The highest BCUT2D eigenvalue weighted by Gasteiger charge is 2.12. The number of ether oxygens (including phenoxy) is 2. The Morgan fingerprint density at radius 1 is 1.08 bits per heavy atom. The highest BCUT2D eigenvalue weighted by atomic mass is 32.2. The number of nitrogens with one attached hydrogen (secondary N) is 1. The highest BCUT2D eigenvalue weighted by Crippen LogP contribution is 2.29. The Morgan fingerprint density at radius 3 is 2.40 bits per heavy atom. The molecule has 2 aromatic rings. The van der Waals surface area contributed by atoms with Crippen LogP contribution in [0.5, 0.6) is 11.5 Å². The van der Waals surface area contributed by atoms with E-state index in [0.29, 0.717) is 17.3 Å². The van der Waals surface area contributed by atoms with Crippen molar-refractivity contribution in [1.82, 2.24) is 5.32 Å². The largest absolute Gasteiger partial charge is 0.493 e. The van der Waals surface area contributed by atoms with Gasteiger partial charge in [0.25, 0.3) is 0 Å². The zero-order chi connectivity index (χ0) is 18.2. The molecule has 0 saturated heterocycles. The van der Waals surface area contributed by atoms with Crippen LogP contribution < -0.4 is 14.8 Å². The molecule has 1 amide bonds. The SMILES string of the molecule is COc1ccc([C@H](C)NC(=O)CSCc2ccc(C)cc2)cc1OC. The first-order valence-corrected chi connectivity index (χ1v) is 9.33. The third-order valence-corrected chi connectivity index (χ3v) is 4.91. The van der Waals surface area contributed by atoms with Gasteiger partial charge in [-0.15, -0.1) is 11.8 Å². The molecule has 0 aliphatic rings. The van der Waals surface area contributed by atoms with Crippen molar-refractivity contribution in [2.45, 2.75) is 25.6 Å². The Morgan fingerprint density at radius 2 is 1.76 bits per heavy atom. The topological polar surface area (TPSA) is 47.6 Å². The van der Waals surface area contributed by atoms with Gasteiger partial charge >= 0.3 is 0 Å². The summed E-state index contributed by atoms with van der Waals surface area (Å²) >= 11 is 1.61. The number of methoxy groups -OCH3 is 2.